The van der Waals surface area contributed by atoms with E-state index >= 15 is 0 Å². The maximum atomic E-state index is 5.18. The summed E-state index contributed by atoms with van der Waals surface area (Å²) in [5.41, 5.74) is 1.37. The molecule has 0 heterocycles. The molecule has 2 nitrogen and oxygen atoms in total. The van der Waals surface area contributed by atoms with Crippen molar-refractivity contribution in [1.29, 1.82) is 0 Å². The first-order chi connectivity index (χ1) is 10.1. The lowest BCUT2D eigenvalue weighted by Gasteiger charge is -2.14. The van der Waals surface area contributed by atoms with Crippen LogP contribution in [-0.2, 0) is 6.42 Å². The molecule has 1 atom stereocenters. The largest absolute Gasteiger partial charge is 0.497 e. The highest BCUT2D eigenvalue weighted by atomic mass is 16.5. The Balaban J connectivity index is 2.06. The lowest BCUT2D eigenvalue weighted by molar-refractivity contribution is 0.414. The van der Waals surface area contributed by atoms with E-state index in [2.05, 4.69) is 38.2 Å². The molecule has 1 aromatic rings. The van der Waals surface area contributed by atoms with Crippen LogP contribution in [0.2, 0.25) is 0 Å². The lowest BCUT2D eigenvalue weighted by Crippen LogP contribution is -2.28. The predicted octanol–water partition coefficient (Wildman–Crippen LogP) is 4.82. The van der Waals surface area contributed by atoms with E-state index in [4.69, 9.17) is 4.74 Å². The van der Waals surface area contributed by atoms with Gasteiger partial charge < -0.3 is 10.1 Å². The summed E-state index contributed by atoms with van der Waals surface area (Å²) >= 11 is 0. The average molecular weight is 291 g/mol. The third kappa shape index (κ3) is 8.77. The molecule has 21 heavy (non-hydrogen) atoms. The Morgan fingerprint density at radius 3 is 2.24 bits per heavy atom. The summed E-state index contributed by atoms with van der Waals surface area (Å²) in [6.45, 7) is 8.02. The minimum Gasteiger partial charge on any atom is -0.497 e. The van der Waals surface area contributed by atoms with Crippen molar-refractivity contribution in [2.24, 2.45) is 5.92 Å². The highest BCUT2D eigenvalue weighted by Gasteiger charge is 2.03. The van der Waals surface area contributed by atoms with E-state index in [1.165, 1.54) is 37.7 Å². The zero-order valence-corrected chi connectivity index (χ0v) is 14.3. The fraction of sp³-hybridized carbons (Fsp3) is 0.684. The zero-order chi connectivity index (χ0) is 15.5. The van der Waals surface area contributed by atoms with E-state index in [1.807, 2.05) is 12.1 Å². The molecule has 1 aromatic carbocycles. The monoisotopic (exact) mass is 291 g/mol. The molecule has 0 aliphatic rings. The minimum atomic E-state index is 0.536. The van der Waals surface area contributed by atoms with Crippen molar-refractivity contribution >= 4 is 0 Å². The maximum absolute atomic E-state index is 5.18. The fourth-order valence-electron chi connectivity index (χ4n) is 2.57. The lowest BCUT2D eigenvalue weighted by atomic mass is 10.0. The third-order valence-electron chi connectivity index (χ3n) is 3.90. The summed E-state index contributed by atoms with van der Waals surface area (Å²) in [5.74, 6) is 1.79. The molecule has 0 aliphatic heterocycles. The predicted molar refractivity (Wildman–Crippen MR) is 92.1 cm³/mol. The van der Waals surface area contributed by atoms with E-state index in [0.717, 1.165) is 24.6 Å². The Kier molecular flexibility index (Phi) is 9.16. The maximum Gasteiger partial charge on any atom is 0.118 e. The molecule has 0 amide bonds. The summed E-state index contributed by atoms with van der Waals surface area (Å²) in [4.78, 5) is 0. The molecular formula is C19H33NO. The molecule has 0 bridgehead atoms. The van der Waals surface area contributed by atoms with E-state index < -0.39 is 0 Å². The van der Waals surface area contributed by atoms with Gasteiger partial charge in [-0.05, 0) is 49.9 Å². The number of ether oxygens (including phenoxy) is 1. The van der Waals surface area contributed by atoms with E-state index in [-0.39, 0.29) is 0 Å². The van der Waals surface area contributed by atoms with Crippen LogP contribution in [0.25, 0.3) is 0 Å². The van der Waals surface area contributed by atoms with Crippen molar-refractivity contribution in [3.05, 3.63) is 29.8 Å². The van der Waals surface area contributed by atoms with Gasteiger partial charge in [0.25, 0.3) is 0 Å². The van der Waals surface area contributed by atoms with Crippen LogP contribution >= 0.6 is 0 Å². The quantitative estimate of drug-likeness (QED) is 0.590. The van der Waals surface area contributed by atoms with Crippen molar-refractivity contribution in [1.82, 2.24) is 5.32 Å². The van der Waals surface area contributed by atoms with Crippen molar-refractivity contribution < 1.29 is 4.74 Å². The minimum absolute atomic E-state index is 0.536. The van der Waals surface area contributed by atoms with Gasteiger partial charge in [-0.25, -0.2) is 0 Å². The summed E-state index contributed by atoms with van der Waals surface area (Å²) in [5, 5.41) is 3.63. The summed E-state index contributed by atoms with van der Waals surface area (Å²) in [6.07, 6.45) is 7.88. The first-order valence-corrected chi connectivity index (χ1v) is 8.48. The number of benzene rings is 1. The molecule has 0 saturated carbocycles. The zero-order valence-electron chi connectivity index (χ0n) is 14.3. The molecule has 0 saturated heterocycles. The Labute approximate surface area is 131 Å². The Morgan fingerprint density at radius 1 is 0.952 bits per heavy atom. The molecule has 0 spiro atoms. The van der Waals surface area contributed by atoms with Crippen molar-refractivity contribution in [2.75, 3.05) is 13.7 Å². The first kappa shape index (κ1) is 18.0. The Hall–Kier alpha value is -1.02. The smallest absolute Gasteiger partial charge is 0.118 e. The van der Waals surface area contributed by atoms with Crippen LogP contribution in [0.5, 0.6) is 5.75 Å². The van der Waals surface area contributed by atoms with Crippen LogP contribution in [0.15, 0.2) is 24.3 Å². The van der Waals surface area contributed by atoms with Gasteiger partial charge in [0.1, 0.15) is 5.75 Å². The van der Waals surface area contributed by atoms with Gasteiger partial charge in [-0.2, -0.15) is 0 Å². The van der Waals surface area contributed by atoms with Gasteiger partial charge in [0.15, 0.2) is 0 Å². The number of hydrogen-bond donors (Lipinski definition) is 1. The normalized spacial score (nSPS) is 12.6. The second-order valence-electron chi connectivity index (χ2n) is 6.50. The standard InChI is InChI=1S/C19H33NO/c1-16(2)9-7-5-6-8-14-20-17(3)15-18-10-12-19(21-4)13-11-18/h10-13,16-17,20H,5-9,14-15H2,1-4H3. The molecule has 120 valence electrons. The van der Waals surface area contributed by atoms with Gasteiger partial charge >= 0.3 is 0 Å². The number of methoxy groups -OCH3 is 1. The second kappa shape index (κ2) is 10.7. The molecule has 2 heteroatoms. The number of hydrogen-bond acceptors (Lipinski definition) is 2. The van der Waals surface area contributed by atoms with Crippen LogP contribution in [-0.4, -0.2) is 19.7 Å². The molecule has 1 N–H and O–H groups in total. The van der Waals surface area contributed by atoms with Gasteiger partial charge in [0.2, 0.25) is 0 Å². The molecular weight excluding hydrogens is 258 g/mol. The van der Waals surface area contributed by atoms with Crippen LogP contribution < -0.4 is 10.1 Å². The molecule has 0 aliphatic carbocycles. The number of rotatable bonds is 11. The molecule has 1 rings (SSSR count). The number of unbranched alkanes of at least 4 members (excludes halogenated alkanes) is 3. The van der Waals surface area contributed by atoms with Crippen molar-refractivity contribution in [2.45, 2.75) is 65.3 Å². The first-order valence-electron chi connectivity index (χ1n) is 8.48. The van der Waals surface area contributed by atoms with Gasteiger partial charge in [-0.1, -0.05) is 51.7 Å². The van der Waals surface area contributed by atoms with Gasteiger partial charge in [0, 0.05) is 6.04 Å². The second-order valence-corrected chi connectivity index (χ2v) is 6.50. The van der Waals surface area contributed by atoms with Crippen LogP contribution in [0, 0.1) is 5.92 Å². The molecule has 0 aromatic heterocycles. The van der Waals surface area contributed by atoms with E-state index in [0.29, 0.717) is 6.04 Å². The summed E-state index contributed by atoms with van der Waals surface area (Å²) in [7, 11) is 1.71. The van der Waals surface area contributed by atoms with Crippen molar-refractivity contribution in [3.8, 4) is 5.75 Å². The van der Waals surface area contributed by atoms with Gasteiger partial charge in [0.05, 0.1) is 7.11 Å². The van der Waals surface area contributed by atoms with Crippen LogP contribution in [0.1, 0.15) is 58.4 Å². The average Bonchev–Trinajstić information content (AvgIpc) is 2.46. The SMILES string of the molecule is COc1ccc(CC(C)NCCCCCCC(C)C)cc1. The fourth-order valence-corrected chi connectivity index (χ4v) is 2.57. The molecule has 1 unspecified atom stereocenters. The Morgan fingerprint density at radius 2 is 1.62 bits per heavy atom. The third-order valence-corrected chi connectivity index (χ3v) is 3.90. The highest BCUT2D eigenvalue weighted by Crippen LogP contribution is 2.13. The molecule has 0 radical (unpaired) electrons. The topological polar surface area (TPSA) is 21.3 Å². The number of nitrogens with one attached hydrogen (secondary N) is 1. The van der Waals surface area contributed by atoms with Gasteiger partial charge in [-0.15, -0.1) is 0 Å². The van der Waals surface area contributed by atoms with Crippen LogP contribution in [0.3, 0.4) is 0 Å². The van der Waals surface area contributed by atoms with Crippen molar-refractivity contribution in [3.63, 3.8) is 0 Å². The highest BCUT2D eigenvalue weighted by molar-refractivity contribution is 5.27. The molecule has 0 fully saturated rings. The van der Waals surface area contributed by atoms with E-state index in [9.17, 15) is 0 Å². The summed E-state index contributed by atoms with van der Waals surface area (Å²) in [6, 6.07) is 8.92. The Bertz CT molecular complexity index is 358. The van der Waals surface area contributed by atoms with Gasteiger partial charge in [-0.3, -0.25) is 0 Å². The summed E-state index contributed by atoms with van der Waals surface area (Å²) < 4.78 is 5.18. The van der Waals surface area contributed by atoms with E-state index in [1.54, 1.807) is 7.11 Å². The van der Waals surface area contributed by atoms with Crippen LogP contribution in [0.4, 0.5) is 0 Å².